The molecule has 1 rings (SSSR count). The molecule has 1 aliphatic carbocycles. The standard InChI is InChI=1S/C21H42/c1-8-17(4)19(18(9-2)10-3)21(7)14-12-11-13-20(5,6)15-16-21/h17-19H,8-16H2,1-7H3. The molecule has 0 bridgehead atoms. The predicted octanol–water partition coefficient (Wildman–Crippen LogP) is 7.47. The number of hydrogen-bond acceptors (Lipinski definition) is 0. The number of hydrogen-bond donors (Lipinski definition) is 0. The Morgan fingerprint density at radius 2 is 1.33 bits per heavy atom. The van der Waals surface area contributed by atoms with Gasteiger partial charge in [0.15, 0.2) is 0 Å². The summed E-state index contributed by atoms with van der Waals surface area (Å²) in [6.45, 7) is 17.4. The molecule has 0 saturated heterocycles. The lowest BCUT2D eigenvalue weighted by Crippen LogP contribution is -2.39. The Morgan fingerprint density at radius 1 is 0.762 bits per heavy atom. The smallest absolute Gasteiger partial charge is 0.0292 e. The molecule has 0 aromatic heterocycles. The Hall–Kier alpha value is 0. The Balaban J connectivity index is 3.00. The molecule has 1 fully saturated rings. The van der Waals surface area contributed by atoms with Crippen LogP contribution in [-0.2, 0) is 0 Å². The van der Waals surface area contributed by atoms with Crippen LogP contribution in [0.25, 0.3) is 0 Å². The van der Waals surface area contributed by atoms with Crippen molar-refractivity contribution in [2.45, 2.75) is 106 Å². The highest BCUT2D eigenvalue weighted by molar-refractivity contribution is 4.91. The fourth-order valence-electron chi connectivity index (χ4n) is 5.11. The first-order valence-electron chi connectivity index (χ1n) is 9.79. The van der Waals surface area contributed by atoms with Gasteiger partial charge in [0.1, 0.15) is 0 Å². The summed E-state index contributed by atoms with van der Waals surface area (Å²) in [5.74, 6) is 2.72. The van der Waals surface area contributed by atoms with Gasteiger partial charge in [-0.25, -0.2) is 0 Å². The van der Waals surface area contributed by atoms with Gasteiger partial charge in [-0.2, -0.15) is 0 Å². The van der Waals surface area contributed by atoms with Crippen LogP contribution in [0, 0.1) is 28.6 Å². The van der Waals surface area contributed by atoms with Crippen molar-refractivity contribution in [2.24, 2.45) is 28.6 Å². The van der Waals surface area contributed by atoms with E-state index in [1.807, 2.05) is 0 Å². The Bertz CT molecular complexity index is 286. The zero-order valence-corrected chi connectivity index (χ0v) is 16.1. The van der Waals surface area contributed by atoms with Gasteiger partial charge in [0.25, 0.3) is 0 Å². The quantitative estimate of drug-likeness (QED) is 0.476. The van der Waals surface area contributed by atoms with E-state index in [0.29, 0.717) is 10.8 Å². The molecule has 126 valence electrons. The molecule has 0 aromatic carbocycles. The Labute approximate surface area is 135 Å². The molecular formula is C21H42. The van der Waals surface area contributed by atoms with E-state index in [0.717, 1.165) is 17.8 Å². The summed E-state index contributed by atoms with van der Waals surface area (Å²) in [5.41, 5.74) is 1.14. The van der Waals surface area contributed by atoms with E-state index in [9.17, 15) is 0 Å². The highest BCUT2D eigenvalue weighted by Gasteiger charge is 2.41. The third kappa shape index (κ3) is 5.00. The summed E-state index contributed by atoms with van der Waals surface area (Å²) in [4.78, 5) is 0. The second-order valence-electron chi connectivity index (χ2n) is 9.01. The average Bonchev–Trinajstić information content (AvgIpc) is 2.45. The van der Waals surface area contributed by atoms with Crippen LogP contribution in [0.4, 0.5) is 0 Å². The van der Waals surface area contributed by atoms with Gasteiger partial charge in [-0.05, 0) is 54.3 Å². The summed E-state index contributed by atoms with van der Waals surface area (Å²) >= 11 is 0. The van der Waals surface area contributed by atoms with Gasteiger partial charge < -0.3 is 0 Å². The van der Waals surface area contributed by atoms with E-state index in [4.69, 9.17) is 0 Å². The fourth-order valence-corrected chi connectivity index (χ4v) is 5.11. The van der Waals surface area contributed by atoms with Gasteiger partial charge in [0.2, 0.25) is 0 Å². The lowest BCUT2D eigenvalue weighted by Gasteiger charge is -2.48. The molecule has 0 radical (unpaired) electrons. The van der Waals surface area contributed by atoms with Crippen LogP contribution in [0.1, 0.15) is 106 Å². The van der Waals surface area contributed by atoms with Gasteiger partial charge in [-0.3, -0.25) is 0 Å². The van der Waals surface area contributed by atoms with Crippen LogP contribution < -0.4 is 0 Å². The second kappa shape index (κ2) is 8.02. The molecule has 1 aliphatic rings. The van der Waals surface area contributed by atoms with Crippen molar-refractivity contribution in [3.05, 3.63) is 0 Å². The third-order valence-corrected chi connectivity index (χ3v) is 6.84. The molecule has 1 saturated carbocycles. The van der Waals surface area contributed by atoms with Crippen molar-refractivity contribution in [2.75, 3.05) is 0 Å². The fraction of sp³-hybridized carbons (Fsp3) is 1.00. The van der Waals surface area contributed by atoms with Crippen LogP contribution >= 0.6 is 0 Å². The van der Waals surface area contributed by atoms with Crippen molar-refractivity contribution in [3.63, 3.8) is 0 Å². The lowest BCUT2D eigenvalue weighted by molar-refractivity contribution is 0.0207. The summed E-state index contributed by atoms with van der Waals surface area (Å²) < 4.78 is 0. The van der Waals surface area contributed by atoms with Gasteiger partial charge in [0, 0.05) is 0 Å². The van der Waals surface area contributed by atoms with Crippen molar-refractivity contribution in [1.82, 2.24) is 0 Å². The van der Waals surface area contributed by atoms with Crippen molar-refractivity contribution < 1.29 is 0 Å². The third-order valence-electron chi connectivity index (χ3n) is 6.84. The molecule has 0 heteroatoms. The van der Waals surface area contributed by atoms with Crippen molar-refractivity contribution >= 4 is 0 Å². The molecule has 0 aliphatic heterocycles. The maximum absolute atomic E-state index is 2.64. The molecule has 21 heavy (non-hydrogen) atoms. The van der Waals surface area contributed by atoms with Crippen LogP contribution in [0.15, 0.2) is 0 Å². The van der Waals surface area contributed by atoms with Crippen LogP contribution in [-0.4, -0.2) is 0 Å². The molecule has 0 N–H and O–H groups in total. The zero-order chi connectivity index (χ0) is 16.1. The first-order valence-corrected chi connectivity index (χ1v) is 9.79. The Kier molecular flexibility index (Phi) is 7.28. The summed E-state index contributed by atoms with van der Waals surface area (Å²) in [6, 6.07) is 0. The van der Waals surface area contributed by atoms with Crippen LogP contribution in [0.2, 0.25) is 0 Å². The van der Waals surface area contributed by atoms with Gasteiger partial charge >= 0.3 is 0 Å². The molecule has 0 aromatic rings. The van der Waals surface area contributed by atoms with E-state index in [2.05, 4.69) is 48.5 Å². The van der Waals surface area contributed by atoms with Gasteiger partial charge in [-0.1, -0.05) is 80.6 Å². The second-order valence-corrected chi connectivity index (χ2v) is 9.01. The highest BCUT2D eigenvalue weighted by Crippen LogP contribution is 2.51. The molecular weight excluding hydrogens is 252 g/mol. The summed E-state index contributed by atoms with van der Waals surface area (Å²) in [6.07, 6.45) is 12.7. The maximum Gasteiger partial charge on any atom is -0.0292 e. The van der Waals surface area contributed by atoms with Gasteiger partial charge in [0.05, 0.1) is 0 Å². The first-order chi connectivity index (χ1) is 9.79. The zero-order valence-electron chi connectivity index (χ0n) is 16.1. The monoisotopic (exact) mass is 294 g/mol. The summed E-state index contributed by atoms with van der Waals surface area (Å²) in [5, 5.41) is 0. The largest absolute Gasteiger partial charge is 0.0651 e. The average molecular weight is 295 g/mol. The van der Waals surface area contributed by atoms with Crippen molar-refractivity contribution in [1.29, 1.82) is 0 Å². The SMILES string of the molecule is CCC(C)C(C(CC)CC)C1(C)CCCCC(C)(C)CC1. The van der Waals surface area contributed by atoms with Crippen LogP contribution in [0.3, 0.4) is 0 Å². The first kappa shape index (κ1) is 19.0. The van der Waals surface area contributed by atoms with Crippen LogP contribution in [0.5, 0.6) is 0 Å². The molecule has 0 spiro atoms. The highest BCUT2D eigenvalue weighted by atomic mass is 14.5. The topological polar surface area (TPSA) is 0 Å². The minimum Gasteiger partial charge on any atom is -0.0651 e. The lowest BCUT2D eigenvalue weighted by atomic mass is 9.57. The van der Waals surface area contributed by atoms with Crippen molar-refractivity contribution in [3.8, 4) is 0 Å². The maximum atomic E-state index is 2.64. The molecule has 3 atom stereocenters. The van der Waals surface area contributed by atoms with E-state index in [1.54, 1.807) is 0 Å². The Morgan fingerprint density at radius 3 is 1.86 bits per heavy atom. The summed E-state index contributed by atoms with van der Waals surface area (Å²) in [7, 11) is 0. The normalized spacial score (nSPS) is 29.7. The van der Waals surface area contributed by atoms with E-state index in [-0.39, 0.29) is 0 Å². The minimum absolute atomic E-state index is 0.565. The molecule has 3 unspecified atom stereocenters. The molecule has 0 amide bonds. The number of rotatable bonds is 6. The minimum atomic E-state index is 0.565. The predicted molar refractivity (Wildman–Crippen MR) is 96.6 cm³/mol. The van der Waals surface area contributed by atoms with E-state index in [1.165, 1.54) is 57.8 Å². The molecule has 0 nitrogen and oxygen atoms in total. The molecule has 0 heterocycles. The van der Waals surface area contributed by atoms with E-state index >= 15 is 0 Å². The van der Waals surface area contributed by atoms with E-state index < -0.39 is 0 Å². The van der Waals surface area contributed by atoms with Gasteiger partial charge in [-0.15, -0.1) is 0 Å².